The first-order valence-electron chi connectivity index (χ1n) is 22.8. The molecule has 390 valence electrons. The van der Waals surface area contributed by atoms with Crippen molar-refractivity contribution >= 4 is 65.2 Å². The van der Waals surface area contributed by atoms with Crippen molar-refractivity contribution in [1.29, 1.82) is 0 Å². The van der Waals surface area contributed by atoms with Gasteiger partial charge in [0.1, 0.15) is 30.2 Å². The Morgan fingerprint density at radius 1 is 0.732 bits per heavy atom. The quantitative estimate of drug-likeness (QED) is 0.0638. The molecular weight excluding hydrogens is 931 g/mol. The molecule has 1 saturated heterocycles. The SMILES string of the molecule is C=C1NC(=O)CCC(C(=O)O)NC(=O)C(C)C(C=CC(C)=CC(C)C(Cc2ccccc2)OC)NC(=O)C(CCC(=O)OC)NC(=O)C(C)C(C(=O)O)NC(=O)C(CCC(=O)OC)NC(=O)C(C)NC1=O. The van der Waals surface area contributed by atoms with Crippen LogP contribution in [0.3, 0.4) is 0 Å². The zero-order valence-corrected chi connectivity index (χ0v) is 41.2. The van der Waals surface area contributed by atoms with E-state index in [0.717, 1.165) is 26.7 Å². The summed E-state index contributed by atoms with van der Waals surface area (Å²) in [5, 5.41) is 36.7. The molecule has 1 aliphatic heterocycles. The van der Waals surface area contributed by atoms with Crippen LogP contribution < -0.4 is 37.2 Å². The zero-order valence-electron chi connectivity index (χ0n) is 41.2. The molecule has 0 aliphatic carbocycles. The van der Waals surface area contributed by atoms with Crippen LogP contribution in [0.2, 0.25) is 0 Å². The number of carbonyl (C=O) groups excluding carboxylic acids is 9. The van der Waals surface area contributed by atoms with Gasteiger partial charge in [-0.2, -0.15) is 0 Å². The van der Waals surface area contributed by atoms with E-state index in [2.05, 4.69) is 48.5 Å². The summed E-state index contributed by atoms with van der Waals surface area (Å²) in [5.74, 6) is -15.1. The number of carboxylic acid groups (broad SMARTS) is 2. The summed E-state index contributed by atoms with van der Waals surface area (Å²) < 4.78 is 15.1. The number of nitrogens with one attached hydrogen (secondary N) is 7. The number of methoxy groups -OCH3 is 3. The van der Waals surface area contributed by atoms with Gasteiger partial charge in [-0.1, -0.05) is 81.5 Å². The minimum absolute atomic E-state index is 0.154. The number of rotatable bonds is 15. The molecule has 0 spiro atoms. The number of carboxylic acids is 2. The van der Waals surface area contributed by atoms with Crippen LogP contribution in [0.15, 0.2) is 66.4 Å². The van der Waals surface area contributed by atoms with Gasteiger partial charge in [0.05, 0.1) is 43.9 Å². The Balaban J connectivity index is 2.71. The Bertz CT molecular complexity index is 2180. The maximum absolute atomic E-state index is 14.3. The van der Waals surface area contributed by atoms with Crippen molar-refractivity contribution in [3.63, 3.8) is 0 Å². The highest BCUT2D eigenvalue weighted by atomic mass is 16.5. The van der Waals surface area contributed by atoms with Gasteiger partial charge < -0.3 is 61.6 Å². The highest BCUT2D eigenvalue weighted by Crippen LogP contribution is 2.19. The van der Waals surface area contributed by atoms with Gasteiger partial charge in [-0.25, -0.2) is 9.59 Å². The second-order valence-electron chi connectivity index (χ2n) is 17.0. The van der Waals surface area contributed by atoms with Crippen LogP contribution in [-0.2, 0) is 73.4 Å². The Labute approximate surface area is 411 Å². The number of benzene rings is 1. The Hall–Kier alpha value is -7.43. The molecular formula is C48H67N7O16. The lowest BCUT2D eigenvalue weighted by Gasteiger charge is -2.28. The maximum Gasteiger partial charge on any atom is 0.327 e. The zero-order chi connectivity index (χ0) is 53.5. The lowest BCUT2D eigenvalue weighted by molar-refractivity contribution is -0.147. The molecule has 23 heteroatoms. The van der Waals surface area contributed by atoms with Crippen molar-refractivity contribution in [2.75, 3.05) is 21.3 Å². The molecule has 0 bridgehead atoms. The van der Waals surface area contributed by atoms with Gasteiger partial charge in [0, 0.05) is 32.3 Å². The molecule has 1 aromatic carbocycles. The van der Waals surface area contributed by atoms with Gasteiger partial charge in [0.2, 0.25) is 35.4 Å². The lowest BCUT2D eigenvalue weighted by atomic mass is 9.94. The van der Waals surface area contributed by atoms with E-state index in [-0.39, 0.29) is 12.0 Å². The molecule has 23 nitrogen and oxygen atoms in total. The van der Waals surface area contributed by atoms with E-state index in [1.165, 1.54) is 19.9 Å². The van der Waals surface area contributed by atoms with E-state index in [1.54, 1.807) is 20.1 Å². The van der Waals surface area contributed by atoms with E-state index in [1.807, 2.05) is 43.3 Å². The van der Waals surface area contributed by atoms with Crippen LogP contribution in [0.5, 0.6) is 0 Å². The fraction of sp³-hybridized carbons (Fsp3) is 0.521. The molecule has 1 fully saturated rings. The van der Waals surface area contributed by atoms with Crippen molar-refractivity contribution in [1.82, 2.24) is 37.2 Å². The lowest BCUT2D eigenvalue weighted by Crippen LogP contribution is -2.59. The van der Waals surface area contributed by atoms with Gasteiger partial charge in [0.25, 0.3) is 5.91 Å². The van der Waals surface area contributed by atoms with E-state index < -0.39 is 158 Å². The topological polar surface area (TPSA) is 340 Å². The summed E-state index contributed by atoms with van der Waals surface area (Å²) in [5.41, 5.74) is 1.14. The second-order valence-corrected chi connectivity index (χ2v) is 17.0. The fourth-order valence-corrected chi connectivity index (χ4v) is 7.08. The first kappa shape index (κ1) is 59.7. The molecule has 2 rings (SSSR count). The Morgan fingerprint density at radius 2 is 1.28 bits per heavy atom. The number of ether oxygens (including phenoxy) is 3. The van der Waals surface area contributed by atoms with Crippen LogP contribution in [0.4, 0.5) is 0 Å². The molecule has 0 saturated carbocycles. The Kier molecular flexibility index (Phi) is 24.9. The fourth-order valence-electron chi connectivity index (χ4n) is 7.08. The summed E-state index contributed by atoms with van der Waals surface area (Å²) >= 11 is 0. The molecule has 10 unspecified atom stereocenters. The second kappa shape index (κ2) is 29.6. The first-order chi connectivity index (χ1) is 33.4. The molecule has 7 amide bonds. The van der Waals surface area contributed by atoms with Crippen LogP contribution in [0, 0.1) is 17.8 Å². The first-order valence-corrected chi connectivity index (χ1v) is 22.8. The highest BCUT2D eigenvalue weighted by molar-refractivity contribution is 6.00. The maximum atomic E-state index is 14.3. The van der Waals surface area contributed by atoms with E-state index in [9.17, 15) is 63.0 Å². The van der Waals surface area contributed by atoms with Crippen LogP contribution >= 0.6 is 0 Å². The molecule has 0 aromatic heterocycles. The third-order valence-corrected chi connectivity index (χ3v) is 11.6. The minimum Gasteiger partial charge on any atom is -0.480 e. The number of allylic oxidation sites excluding steroid dienone is 2. The number of hydrogen-bond acceptors (Lipinski definition) is 14. The van der Waals surface area contributed by atoms with Gasteiger partial charge >= 0.3 is 23.9 Å². The normalized spacial score (nSPS) is 25.0. The standard InChI is InChI=1S/C48H67N7O16/c1-25(23-26(2)36(69-7)24-31-13-11-10-12-14-31)15-16-32-27(3)41(59)54-35(47(65)66)17-20-37(56)49-29(5)43(61)50-30(6)44(62)53-34(19-22-39(58)71-9)46(64)55-40(48(67)68)28(4)42(60)52-33(45(63)51-32)18-21-38(57)70-8/h10-16,23,26-28,30,32-36,40H,5,17-22,24H2,1-4,6-9H3,(H,49,56)(H,50,61)(H,51,63)(H,52,60)(H,53,62)(H,54,59)(H,55,64)(H,65,66)(H,67,68). The van der Waals surface area contributed by atoms with Crippen molar-refractivity contribution in [2.24, 2.45) is 17.8 Å². The third-order valence-electron chi connectivity index (χ3n) is 11.6. The molecule has 9 N–H and O–H groups in total. The number of aliphatic carboxylic acids is 2. The number of hydrogen-bond donors (Lipinski definition) is 9. The van der Waals surface area contributed by atoms with E-state index in [0.29, 0.717) is 12.0 Å². The number of carbonyl (C=O) groups is 11. The Morgan fingerprint density at radius 3 is 1.82 bits per heavy atom. The predicted octanol–water partition coefficient (Wildman–Crippen LogP) is 0.0829. The van der Waals surface area contributed by atoms with Crippen LogP contribution in [0.1, 0.15) is 78.7 Å². The smallest absolute Gasteiger partial charge is 0.327 e. The van der Waals surface area contributed by atoms with E-state index >= 15 is 0 Å². The average Bonchev–Trinajstić information content (AvgIpc) is 3.33. The van der Waals surface area contributed by atoms with Gasteiger partial charge in [-0.3, -0.25) is 43.2 Å². The summed E-state index contributed by atoms with van der Waals surface area (Å²) in [6.45, 7) is 10.9. The summed E-state index contributed by atoms with van der Waals surface area (Å²) in [6.07, 6.45) is 2.49. The summed E-state index contributed by atoms with van der Waals surface area (Å²) in [7, 11) is 3.74. The van der Waals surface area contributed by atoms with Gasteiger partial charge in [-0.15, -0.1) is 0 Å². The minimum atomic E-state index is -2.04. The molecule has 10 atom stereocenters. The number of esters is 2. The molecule has 1 aromatic rings. The van der Waals surface area contributed by atoms with Gasteiger partial charge in [0.15, 0.2) is 0 Å². The monoisotopic (exact) mass is 997 g/mol. The van der Waals surface area contributed by atoms with Crippen molar-refractivity contribution < 1.29 is 77.2 Å². The van der Waals surface area contributed by atoms with E-state index in [4.69, 9.17) is 9.47 Å². The third kappa shape index (κ3) is 20.2. The number of amides is 7. The average molecular weight is 998 g/mol. The molecule has 1 aliphatic rings. The summed E-state index contributed by atoms with van der Waals surface area (Å²) in [6, 6.07) is -0.0328. The summed E-state index contributed by atoms with van der Waals surface area (Å²) in [4.78, 5) is 144. The highest BCUT2D eigenvalue weighted by Gasteiger charge is 2.37. The van der Waals surface area contributed by atoms with Crippen LogP contribution in [0.25, 0.3) is 0 Å². The van der Waals surface area contributed by atoms with Crippen molar-refractivity contribution in [3.8, 4) is 0 Å². The molecule has 71 heavy (non-hydrogen) atoms. The van der Waals surface area contributed by atoms with Gasteiger partial charge in [-0.05, 0) is 45.1 Å². The van der Waals surface area contributed by atoms with Crippen molar-refractivity contribution in [2.45, 2.75) is 122 Å². The molecule has 0 radical (unpaired) electrons. The molecule has 1 heterocycles. The largest absolute Gasteiger partial charge is 0.480 e. The van der Waals surface area contributed by atoms with Crippen molar-refractivity contribution in [3.05, 3.63) is 72.0 Å². The predicted molar refractivity (Wildman–Crippen MR) is 253 cm³/mol. The van der Waals surface area contributed by atoms with Crippen LogP contribution in [-0.4, -0.2) is 139 Å².